The van der Waals surface area contributed by atoms with Crippen molar-refractivity contribution in [2.24, 2.45) is 5.92 Å². The van der Waals surface area contributed by atoms with Gasteiger partial charge >= 0.3 is 0 Å². The highest BCUT2D eigenvalue weighted by Crippen LogP contribution is 2.33. The molecule has 0 radical (unpaired) electrons. The highest BCUT2D eigenvalue weighted by atomic mass is 15.0. The highest BCUT2D eigenvalue weighted by Gasteiger charge is 2.36. The van der Waals surface area contributed by atoms with Gasteiger partial charge in [0.05, 0.1) is 5.54 Å². The van der Waals surface area contributed by atoms with E-state index in [0.717, 1.165) is 5.56 Å². The quantitative estimate of drug-likeness (QED) is 0.788. The smallest absolute Gasteiger partial charge is 0.0832 e. The molecule has 1 saturated carbocycles. The topological polar surface area (TPSA) is 12.0 Å². The van der Waals surface area contributed by atoms with Crippen LogP contribution in [0.25, 0.3) is 0 Å². The highest BCUT2D eigenvalue weighted by molar-refractivity contribution is 5.37. The zero-order valence-corrected chi connectivity index (χ0v) is 12.4. The van der Waals surface area contributed by atoms with Gasteiger partial charge in [-0.2, -0.15) is 0 Å². The molecule has 1 N–H and O–H groups in total. The molecule has 19 heavy (non-hydrogen) atoms. The Morgan fingerprint density at radius 1 is 1.21 bits per heavy atom. The van der Waals surface area contributed by atoms with Gasteiger partial charge in [-0.15, -0.1) is 0 Å². The second kappa shape index (κ2) is 6.26. The van der Waals surface area contributed by atoms with E-state index < -0.39 is 0 Å². The molecule has 1 heteroatoms. The second-order valence-electron chi connectivity index (χ2n) is 6.03. The number of hydrogen-bond donors (Lipinski definition) is 1. The molecule has 1 nitrogen and oxygen atoms in total. The summed E-state index contributed by atoms with van der Waals surface area (Å²) < 4.78 is 0. The lowest BCUT2D eigenvalue weighted by molar-refractivity contribution is 0.202. The Kier molecular flexibility index (Phi) is 4.66. The van der Waals surface area contributed by atoms with Gasteiger partial charge in [-0.3, -0.25) is 5.32 Å². The summed E-state index contributed by atoms with van der Waals surface area (Å²) in [6.07, 6.45) is 5.08. The van der Waals surface area contributed by atoms with E-state index >= 15 is 0 Å². The maximum Gasteiger partial charge on any atom is 0.0832 e. The molecule has 0 spiro atoms. The van der Waals surface area contributed by atoms with E-state index in [0.29, 0.717) is 12.0 Å². The fraction of sp³-hybridized carbons (Fsp3) is 0.556. The van der Waals surface area contributed by atoms with E-state index in [2.05, 4.69) is 62.2 Å². The van der Waals surface area contributed by atoms with Crippen LogP contribution in [0.2, 0.25) is 0 Å². The van der Waals surface area contributed by atoms with Crippen LogP contribution < -0.4 is 5.32 Å². The second-order valence-corrected chi connectivity index (χ2v) is 6.03. The van der Waals surface area contributed by atoms with Gasteiger partial charge in [0.2, 0.25) is 0 Å². The van der Waals surface area contributed by atoms with Crippen molar-refractivity contribution in [1.29, 1.82) is 0 Å². The van der Waals surface area contributed by atoms with Crippen LogP contribution >= 0.6 is 0 Å². The molecule has 1 aliphatic rings. The molecule has 2 atom stereocenters. The first-order chi connectivity index (χ1) is 9.12. The Hall–Kier alpha value is -1.26. The zero-order chi connectivity index (χ0) is 13.7. The third kappa shape index (κ3) is 3.61. The molecular weight excluding hydrogens is 230 g/mol. The van der Waals surface area contributed by atoms with Crippen molar-refractivity contribution in [3.63, 3.8) is 0 Å². The first-order valence-electron chi connectivity index (χ1n) is 7.48. The predicted octanol–water partition coefficient (Wildman–Crippen LogP) is 3.99. The maximum atomic E-state index is 3.74. The number of nitrogens with one attached hydrogen (secondary N) is 1. The van der Waals surface area contributed by atoms with Gasteiger partial charge in [0.1, 0.15) is 0 Å². The maximum absolute atomic E-state index is 3.74. The van der Waals surface area contributed by atoms with Crippen LogP contribution in [-0.2, 0) is 0 Å². The number of benzene rings is 1. The van der Waals surface area contributed by atoms with Gasteiger partial charge in [0.25, 0.3) is 0 Å². The zero-order valence-electron chi connectivity index (χ0n) is 12.4. The molecule has 0 aromatic heterocycles. The lowest BCUT2D eigenvalue weighted by Gasteiger charge is -2.41. The van der Waals surface area contributed by atoms with E-state index in [9.17, 15) is 0 Å². The first kappa shape index (κ1) is 14.2. The lowest BCUT2D eigenvalue weighted by atomic mass is 9.73. The molecule has 0 saturated heterocycles. The van der Waals surface area contributed by atoms with Crippen molar-refractivity contribution in [1.82, 2.24) is 5.32 Å². The van der Waals surface area contributed by atoms with Crippen LogP contribution in [0.1, 0.15) is 52.0 Å². The third-order valence-corrected chi connectivity index (χ3v) is 4.05. The van der Waals surface area contributed by atoms with E-state index in [1.165, 1.54) is 25.7 Å². The van der Waals surface area contributed by atoms with E-state index in [-0.39, 0.29) is 5.54 Å². The molecule has 102 valence electrons. The number of rotatable bonds is 2. The fourth-order valence-corrected chi connectivity index (χ4v) is 3.00. The Balaban J connectivity index is 2.26. The summed E-state index contributed by atoms with van der Waals surface area (Å²) in [5.41, 5.74) is 1.12. The SMILES string of the molecule is CC(C)N[C@]1(C#Cc2ccccc2)CCCC[C@H]1C. The minimum absolute atomic E-state index is 0.00224. The fourth-order valence-electron chi connectivity index (χ4n) is 3.00. The molecule has 1 aliphatic carbocycles. The Morgan fingerprint density at radius 3 is 2.58 bits per heavy atom. The summed E-state index contributed by atoms with van der Waals surface area (Å²) in [6, 6.07) is 10.8. The van der Waals surface area contributed by atoms with Gasteiger partial charge in [0.15, 0.2) is 0 Å². The van der Waals surface area contributed by atoms with E-state index in [1.807, 2.05) is 6.07 Å². The molecule has 1 aromatic rings. The Bertz CT molecular complexity index is 452. The van der Waals surface area contributed by atoms with Crippen LogP contribution in [-0.4, -0.2) is 11.6 Å². The van der Waals surface area contributed by atoms with Crippen molar-refractivity contribution < 1.29 is 0 Å². The van der Waals surface area contributed by atoms with E-state index in [4.69, 9.17) is 0 Å². The summed E-state index contributed by atoms with van der Waals surface area (Å²) in [5.74, 6) is 7.57. The normalized spacial score (nSPS) is 26.8. The summed E-state index contributed by atoms with van der Waals surface area (Å²) in [5, 5.41) is 3.74. The monoisotopic (exact) mass is 255 g/mol. The first-order valence-corrected chi connectivity index (χ1v) is 7.48. The van der Waals surface area contributed by atoms with Crippen LogP contribution in [0.15, 0.2) is 30.3 Å². The largest absolute Gasteiger partial charge is 0.299 e. The molecule has 2 rings (SSSR count). The molecule has 0 aliphatic heterocycles. The van der Waals surface area contributed by atoms with Crippen molar-refractivity contribution in [2.75, 3.05) is 0 Å². The minimum atomic E-state index is 0.00224. The molecule has 1 aromatic carbocycles. The van der Waals surface area contributed by atoms with Crippen LogP contribution in [0.3, 0.4) is 0 Å². The summed E-state index contributed by atoms with van der Waals surface area (Å²) in [7, 11) is 0. The van der Waals surface area contributed by atoms with Crippen LogP contribution in [0, 0.1) is 17.8 Å². The van der Waals surface area contributed by atoms with Gasteiger partial charge in [-0.1, -0.05) is 49.8 Å². The Labute approximate surface area is 117 Å². The lowest BCUT2D eigenvalue weighted by Crippen LogP contribution is -2.53. The van der Waals surface area contributed by atoms with Crippen LogP contribution in [0.4, 0.5) is 0 Å². The average molecular weight is 255 g/mol. The summed E-state index contributed by atoms with van der Waals surface area (Å²) >= 11 is 0. The number of hydrogen-bond acceptors (Lipinski definition) is 1. The van der Waals surface area contributed by atoms with E-state index in [1.54, 1.807) is 0 Å². The summed E-state index contributed by atoms with van der Waals surface area (Å²) in [6.45, 7) is 6.77. The van der Waals surface area contributed by atoms with Crippen molar-refractivity contribution in [3.05, 3.63) is 35.9 Å². The molecule has 0 heterocycles. The van der Waals surface area contributed by atoms with Crippen molar-refractivity contribution in [3.8, 4) is 11.8 Å². The van der Waals surface area contributed by atoms with Gasteiger partial charge in [-0.25, -0.2) is 0 Å². The third-order valence-electron chi connectivity index (χ3n) is 4.05. The summed E-state index contributed by atoms with van der Waals surface area (Å²) in [4.78, 5) is 0. The van der Waals surface area contributed by atoms with Gasteiger partial charge in [-0.05, 0) is 44.7 Å². The predicted molar refractivity (Wildman–Crippen MR) is 82.0 cm³/mol. The van der Waals surface area contributed by atoms with Crippen molar-refractivity contribution in [2.45, 2.75) is 58.0 Å². The molecule has 1 fully saturated rings. The van der Waals surface area contributed by atoms with Gasteiger partial charge < -0.3 is 0 Å². The molecule has 0 unspecified atom stereocenters. The standard InChI is InChI=1S/C18H25N/c1-15(2)19-18(13-8-7-9-16(18)3)14-12-17-10-5-4-6-11-17/h4-6,10-11,15-16,19H,7-9,13H2,1-3H3/t16-,18+/m1/s1. The van der Waals surface area contributed by atoms with Crippen molar-refractivity contribution >= 4 is 0 Å². The molecule has 0 bridgehead atoms. The molecular formula is C18H25N. The molecule has 0 amide bonds. The van der Waals surface area contributed by atoms with Crippen LogP contribution in [0.5, 0.6) is 0 Å². The minimum Gasteiger partial charge on any atom is -0.299 e. The van der Waals surface area contributed by atoms with Gasteiger partial charge in [0, 0.05) is 11.6 Å². The Morgan fingerprint density at radius 2 is 1.95 bits per heavy atom. The average Bonchev–Trinajstić information content (AvgIpc) is 2.40.